The van der Waals surface area contributed by atoms with Crippen LogP contribution in [0.15, 0.2) is 0 Å². The minimum Gasteiger partial charge on any atom is -0.383 e. The van der Waals surface area contributed by atoms with Crippen molar-refractivity contribution in [1.29, 1.82) is 0 Å². The summed E-state index contributed by atoms with van der Waals surface area (Å²) in [7, 11) is 0. The highest BCUT2D eigenvalue weighted by atomic mass is 127. The number of rotatable bonds is 2. The van der Waals surface area contributed by atoms with Crippen molar-refractivity contribution < 1.29 is 4.74 Å². The van der Waals surface area contributed by atoms with Gasteiger partial charge in [0.1, 0.15) is 9.52 Å². The molecule has 0 bridgehead atoms. The van der Waals surface area contributed by atoms with Crippen LogP contribution in [0.4, 0.5) is 11.8 Å². The van der Waals surface area contributed by atoms with Crippen LogP contribution < -0.4 is 10.6 Å². The van der Waals surface area contributed by atoms with Gasteiger partial charge in [-0.1, -0.05) is 0 Å². The van der Waals surface area contributed by atoms with Gasteiger partial charge >= 0.3 is 0 Å². The Bertz CT molecular complexity index is 634. The average molecular weight is 388 g/mol. The third kappa shape index (κ3) is 2.30. The number of ether oxygens (including phenoxy) is 1. The van der Waals surface area contributed by atoms with Gasteiger partial charge in [-0.25, -0.2) is 4.68 Å². The van der Waals surface area contributed by atoms with Gasteiger partial charge in [0, 0.05) is 19.1 Å². The number of morpholine rings is 1. The first-order valence-electron chi connectivity index (χ1n) is 6.62. The number of nitrogens with zero attached hydrogens (tertiary/aromatic N) is 5. The summed E-state index contributed by atoms with van der Waals surface area (Å²) in [5, 5.41) is 5.36. The Morgan fingerprint density at radius 3 is 2.60 bits per heavy atom. The number of fused-ring (bicyclic) bond motifs is 1. The third-order valence-electron chi connectivity index (χ3n) is 3.31. The number of nitrogens with two attached hydrogens (primary N) is 1. The summed E-state index contributed by atoms with van der Waals surface area (Å²) in [4.78, 5) is 11.2. The van der Waals surface area contributed by atoms with Crippen LogP contribution in [0, 0.1) is 3.70 Å². The average Bonchev–Trinajstić information content (AvgIpc) is 2.78. The lowest BCUT2D eigenvalue weighted by Gasteiger charge is -2.26. The lowest BCUT2D eigenvalue weighted by atomic mass is 10.3. The lowest BCUT2D eigenvalue weighted by Crippen LogP contribution is -2.37. The molecule has 0 aliphatic carbocycles. The topological polar surface area (TPSA) is 82.1 Å². The fraction of sp³-hybridized carbons (Fsp3) is 0.583. The number of halogens is 1. The molecular weight excluding hydrogens is 371 g/mol. The van der Waals surface area contributed by atoms with Gasteiger partial charge in [0.25, 0.3) is 0 Å². The molecule has 8 heteroatoms. The summed E-state index contributed by atoms with van der Waals surface area (Å²) in [5.74, 6) is 1.16. The molecule has 3 rings (SSSR count). The monoisotopic (exact) mass is 388 g/mol. The molecule has 1 saturated heterocycles. The minimum atomic E-state index is 0.229. The molecule has 3 heterocycles. The van der Waals surface area contributed by atoms with Gasteiger partial charge in [0.15, 0.2) is 5.65 Å². The Kier molecular flexibility index (Phi) is 3.67. The van der Waals surface area contributed by atoms with Gasteiger partial charge in [-0.05, 0) is 36.4 Å². The highest BCUT2D eigenvalue weighted by Gasteiger charge is 2.20. The van der Waals surface area contributed by atoms with Crippen molar-refractivity contribution in [3.63, 3.8) is 0 Å². The molecule has 0 atom stereocenters. The van der Waals surface area contributed by atoms with E-state index in [2.05, 4.69) is 56.4 Å². The maximum absolute atomic E-state index is 6.11. The SMILES string of the molecule is CC(C)n1nc(I)c2c(N)nc(N3CCOCC3)nc21. The standard InChI is InChI=1S/C12H17IN6O/c1-7(2)19-11-8(9(13)17-19)10(14)15-12(16-11)18-3-5-20-6-4-18/h7H,3-6H2,1-2H3,(H2,14,15,16). The Labute approximate surface area is 130 Å². The van der Waals surface area contributed by atoms with E-state index in [9.17, 15) is 0 Å². The van der Waals surface area contributed by atoms with Gasteiger partial charge in [-0.15, -0.1) is 0 Å². The Morgan fingerprint density at radius 2 is 1.95 bits per heavy atom. The first-order chi connectivity index (χ1) is 9.58. The van der Waals surface area contributed by atoms with Crippen molar-refractivity contribution in [3.8, 4) is 0 Å². The molecule has 0 radical (unpaired) electrons. The summed E-state index contributed by atoms with van der Waals surface area (Å²) < 4.78 is 8.10. The first-order valence-corrected chi connectivity index (χ1v) is 7.69. The number of anilines is 2. The molecule has 108 valence electrons. The van der Waals surface area contributed by atoms with Gasteiger partial charge in [-0.3, -0.25) is 0 Å². The van der Waals surface area contributed by atoms with Crippen molar-refractivity contribution in [1.82, 2.24) is 19.7 Å². The first kappa shape index (κ1) is 13.8. The molecule has 7 nitrogen and oxygen atoms in total. The van der Waals surface area contributed by atoms with Crippen LogP contribution in [0.1, 0.15) is 19.9 Å². The molecule has 0 spiro atoms. The second kappa shape index (κ2) is 5.32. The predicted octanol–water partition coefficient (Wildman–Crippen LogP) is 1.43. The summed E-state index contributed by atoms with van der Waals surface area (Å²) in [6.07, 6.45) is 0. The van der Waals surface area contributed by atoms with E-state index in [1.165, 1.54) is 0 Å². The zero-order valence-corrected chi connectivity index (χ0v) is 13.7. The van der Waals surface area contributed by atoms with Gasteiger partial charge in [0.2, 0.25) is 5.95 Å². The zero-order chi connectivity index (χ0) is 14.3. The molecule has 2 N–H and O–H groups in total. The van der Waals surface area contributed by atoms with Gasteiger partial charge in [0.05, 0.1) is 18.6 Å². The van der Waals surface area contributed by atoms with Crippen molar-refractivity contribution in [2.24, 2.45) is 0 Å². The number of hydrogen-bond donors (Lipinski definition) is 1. The molecule has 0 aromatic carbocycles. The zero-order valence-electron chi connectivity index (χ0n) is 11.5. The maximum Gasteiger partial charge on any atom is 0.229 e. The summed E-state index contributed by atoms with van der Waals surface area (Å²) in [6.45, 7) is 7.13. The second-order valence-corrected chi connectivity index (χ2v) is 6.06. The molecule has 0 amide bonds. The maximum atomic E-state index is 6.11. The van der Waals surface area contributed by atoms with Crippen LogP contribution in [-0.4, -0.2) is 46.1 Å². The van der Waals surface area contributed by atoms with E-state index >= 15 is 0 Å². The molecule has 1 fully saturated rings. The van der Waals surface area contributed by atoms with Crippen LogP contribution in [0.2, 0.25) is 0 Å². The highest BCUT2D eigenvalue weighted by Crippen LogP contribution is 2.27. The smallest absolute Gasteiger partial charge is 0.229 e. The fourth-order valence-corrected chi connectivity index (χ4v) is 3.02. The van der Waals surface area contributed by atoms with E-state index in [1.807, 2.05) is 4.68 Å². The number of aromatic nitrogens is 4. The van der Waals surface area contributed by atoms with E-state index in [4.69, 9.17) is 10.5 Å². The van der Waals surface area contributed by atoms with Gasteiger partial charge < -0.3 is 15.4 Å². The van der Waals surface area contributed by atoms with E-state index in [-0.39, 0.29) is 6.04 Å². The van der Waals surface area contributed by atoms with Crippen LogP contribution >= 0.6 is 22.6 Å². The van der Waals surface area contributed by atoms with E-state index in [1.54, 1.807) is 0 Å². The van der Waals surface area contributed by atoms with Crippen molar-refractivity contribution in [2.45, 2.75) is 19.9 Å². The van der Waals surface area contributed by atoms with Crippen molar-refractivity contribution >= 4 is 45.4 Å². The lowest BCUT2D eigenvalue weighted by molar-refractivity contribution is 0.122. The minimum absolute atomic E-state index is 0.229. The Hall–Kier alpha value is -1.16. The van der Waals surface area contributed by atoms with E-state index in [0.29, 0.717) is 25.0 Å². The molecule has 1 aliphatic rings. The third-order valence-corrected chi connectivity index (χ3v) is 4.06. The molecule has 1 aliphatic heterocycles. The summed E-state index contributed by atoms with van der Waals surface area (Å²) >= 11 is 2.18. The van der Waals surface area contributed by atoms with Gasteiger partial charge in [-0.2, -0.15) is 15.1 Å². The summed E-state index contributed by atoms with van der Waals surface area (Å²) in [5.41, 5.74) is 6.91. The van der Waals surface area contributed by atoms with Crippen LogP contribution in [0.3, 0.4) is 0 Å². The Balaban J connectivity index is 2.13. The number of hydrogen-bond acceptors (Lipinski definition) is 6. The molecular formula is C12H17IN6O. The quantitative estimate of drug-likeness (QED) is 0.784. The largest absolute Gasteiger partial charge is 0.383 e. The molecule has 2 aromatic rings. The second-order valence-electron chi connectivity index (χ2n) is 5.04. The molecule has 2 aromatic heterocycles. The van der Waals surface area contributed by atoms with Crippen molar-refractivity contribution in [3.05, 3.63) is 3.70 Å². The highest BCUT2D eigenvalue weighted by molar-refractivity contribution is 14.1. The molecule has 0 unspecified atom stereocenters. The van der Waals surface area contributed by atoms with Crippen LogP contribution in [-0.2, 0) is 4.74 Å². The predicted molar refractivity (Wildman–Crippen MR) is 85.9 cm³/mol. The normalized spacial score (nSPS) is 16.3. The van der Waals surface area contributed by atoms with Crippen LogP contribution in [0.25, 0.3) is 11.0 Å². The summed E-state index contributed by atoms with van der Waals surface area (Å²) in [6, 6.07) is 0.229. The fourth-order valence-electron chi connectivity index (χ4n) is 2.27. The molecule has 20 heavy (non-hydrogen) atoms. The van der Waals surface area contributed by atoms with E-state index < -0.39 is 0 Å². The van der Waals surface area contributed by atoms with Crippen LogP contribution in [0.5, 0.6) is 0 Å². The number of nitrogen functional groups attached to an aromatic ring is 1. The van der Waals surface area contributed by atoms with Crippen molar-refractivity contribution in [2.75, 3.05) is 36.9 Å². The van der Waals surface area contributed by atoms with E-state index in [0.717, 1.165) is 27.8 Å². The Morgan fingerprint density at radius 1 is 1.25 bits per heavy atom. The molecule has 0 saturated carbocycles.